The van der Waals surface area contributed by atoms with E-state index < -0.39 is 6.29 Å². The van der Waals surface area contributed by atoms with Crippen molar-refractivity contribution in [2.24, 2.45) is 5.92 Å². The molecule has 5 nitrogen and oxygen atoms in total. The van der Waals surface area contributed by atoms with E-state index in [0.29, 0.717) is 13.2 Å². The average molecular weight is 336 g/mol. The summed E-state index contributed by atoms with van der Waals surface area (Å²) in [4.78, 5) is 11.3. The van der Waals surface area contributed by atoms with E-state index in [4.69, 9.17) is 19.7 Å². The highest BCUT2D eigenvalue weighted by Gasteiger charge is 2.06. The van der Waals surface area contributed by atoms with Crippen molar-refractivity contribution in [2.45, 2.75) is 45.8 Å². The van der Waals surface area contributed by atoms with Gasteiger partial charge in [0.25, 0.3) is 0 Å². The van der Waals surface area contributed by atoms with Crippen LogP contribution in [0.2, 0.25) is 0 Å². The number of carbonyl (C=O) groups is 1. The molecule has 0 aliphatic heterocycles. The van der Waals surface area contributed by atoms with Gasteiger partial charge in [-0.25, -0.2) is 0 Å². The number of hydrogen-bond donors (Lipinski definition) is 2. The van der Waals surface area contributed by atoms with Gasteiger partial charge in [-0.15, -0.1) is 0 Å². The highest BCUT2D eigenvalue weighted by molar-refractivity contribution is 5.71. The van der Waals surface area contributed by atoms with Crippen LogP contribution in [0, 0.1) is 5.92 Å². The molecule has 0 aromatic heterocycles. The van der Waals surface area contributed by atoms with Gasteiger partial charge in [-0.1, -0.05) is 32.1 Å². The third kappa shape index (κ3) is 9.33. The number of unbranched alkanes of at least 4 members (excludes halogenated alkanes) is 3. The van der Waals surface area contributed by atoms with Crippen molar-refractivity contribution in [3.8, 4) is 5.75 Å². The van der Waals surface area contributed by atoms with Crippen LogP contribution in [-0.4, -0.2) is 35.7 Å². The number of ether oxygens (including phenoxy) is 2. The number of aliphatic hydroxyl groups excluding tert-OH is 1. The van der Waals surface area contributed by atoms with E-state index in [9.17, 15) is 4.79 Å². The summed E-state index contributed by atoms with van der Waals surface area (Å²) in [6, 6.07) is 7.43. The molecular weight excluding hydrogens is 308 g/mol. The fraction of sp³-hybridized carbons (Fsp3) is 0.526. The molecule has 1 rings (SSSR count). The first-order chi connectivity index (χ1) is 11.5. The van der Waals surface area contributed by atoms with Gasteiger partial charge in [0.15, 0.2) is 6.29 Å². The molecule has 0 heterocycles. The van der Waals surface area contributed by atoms with E-state index in [-0.39, 0.29) is 11.9 Å². The smallest absolute Gasteiger partial charge is 0.308 e. The maximum absolute atomic E-state index is 11.3. The molecule has 0 aliphatic carbocycles. The molecule has 0 spiro atoms. The minimum Gasteiger partial charge on any atom is -0.494 e. The maximum Gasteiger partial charge on any atom is 0.308 e. The molecule has 0 saturated heterocycles. The Hall–Kier alpha value is -1.85. The molecular formula is C19H28O5. The molecule has 0 radical (unpaired) electrons. The van der Waals surface area contributed by atoms with Gasteiger partial charge in [0.2, 0.25) is 0 Å². The van der Waals surface area contributed by atoms with Crippen LogP contribution in [0.3, 0.4) is 0 Å². The van der Waals surface area contributed by atoms with Crippen molar-refractivity contribution in [3.05, 3.63) is 35.9 Å². The standard InChI is InChI=1S/C19H28O5/c1-15(2)19(22)24-14-6-4-3-5-13-23-17-10-7-16(8-11-17)9-12-18(20)21/h7-12,15,18,20-21H,3-6,13-14H2,1-2H3/b12-9+. The SMILES string of the molecule is CC(C)C(=O)OCCCCCCOc1ccc(/C=C/C(O)O)cc1. The van der Waals surface area contributed by atoms with E-state index in [1.54, 1.807) is 6.08 Å². The zero-order chi connectivity index (χ0) is 17.8. The van der Waals surface area contributed by atoms with Crippen LogP contribution in [0.25, 0.3) is 6.08 Å². The summed E-state index contributed by atoms with van der Waals surface area (Å²) in [5.74, 6) is 0.599. The zero-order valence-corrected chi connectivity index (χ0v) is 14.5. The summed E-state index contributed by atoms with van der Waals surface area (Å²) >= 11 is 0. The lowest BCUT2D eigenvalue weighted by molar-refractivity contribution is -0.147. The summed E-state index contributed by atoms with van der Waals surface area (Å²) in [6.07, 6.45) is 5.40. The van der Waals surface area contributed by atoms with Crippen LogP contribution in [0.15, 0.2) is 30.3 Å². The van der Waals surface area contributed by atoms with Gasteiger partial charge in [-0.05, 0) is 49.5 Å². The van der Waals surface area contributed by atoms with Gasteiger partial charge < -0.3 is 19.7 Å². The molecule has 1 aromatic carbocycles. The van der Waals surface area contributed by atoms with Crippen LogP contribution in [-0.2, 0) is 9.53 Å². The van der Waals surface area contributed by atoms with Crippen LogP contribution in [0.4, 0.5) is 0 Å². The third-order valence-electron chi connectivity index (χ3n) is 3.36. The molecule has 134 valence electrons. The highest BCUT2D eigenvalue weighted by atomic mass is 16.5. The lowest BCUT2D eigenvalue weighted by atomic mass is 10.2. The Bertz CT molecular complexity index is 491. The largest absolute Gasteiger partial charge is 0.494 e. The summed E-state index contributed by atoms with van der Waals surface area (Å²) in [6.45, 7) is 4.81. The maximum atomic E-state index is 11.3. The monoisotopic (exact) mass is 336 g/mol. The van der Waals surface area contributed by atoms with Crippen molar-refractivity contribution >= 4 is 12.0 Å². The van der Waals surface area contributed by atoms with Gasteiger partial charge in [0, 0.05) is 0 Å². The summed E-state index contributed by atoms with van der Waals surface area (Å²) in [5, 5.41) is 17.5. The molecule has 0 fully saturated rings. The Balaban J connectivity index is 2.08. The molecule has 24 heavy (non-hydrogen) atoms. The Labute approximate surface area is 143 Å². The minimum absolute atomic E-state index is 0.0611. The van der Waals surface area contributed by atoms with Gasteiger partial charge in [0.05, 0.1) is 19.1 Å². The Morgan fingerprint density at radius 1 is 1.04 bits per heavy atom. The van der Waals surface area contributed by atoms with Crippen LogP contribution < -0.4 is 4.74 Å². The van der Waals surface area contributed by atoms with Crippen molar-refractivity contribution < 1.29 is 24.5 Å². The van der Waals surface area contributed by atoms with Crippen molar-refractivity contribution in [2.75, 3.05) is 13.2 Å². The predicted octanol–water partition coefficient (Wildman–Crippen LogP) is 3.15. The molecule has 2 N–H and O–H groups in total. The molecule has 0 aliphatic rings. The quantitative estimate of drug-likeness (QED) is 0.369. The lowest BCUT2D eigenvalue weighted by Gasteiger charge is -2.08. The summed E-state index contributed by atoms with van der Waals surface area (Å²) in [5.41, 5.74) is 0.881. The lowest BCUT2D eigenvalue weighted by Crippen LogP contribution is -2.12. The number of rotatable bonds is 11. The number of aliphatic hydroxyl groups is 2. The first-order valence-corrected chi connectivity index (χ1v) is 8.43. The second-order valence-electron chi connectivity index (χ2n) is 5.93. The summed E-state index contributed by atoms with van der Waals surface area (Å²) in [7, 11) is 0. The Morgan fingerprint density at radius 2 is 1.67 bits per heavy atom. The number of esters is 1. The second kappa shape index (κ2) is 11.6. The fourth-order valence-corrected chi connectivity index (χ4v) is 1.96. The van der Waals surface area contributed by atoms with E-state index in [0.717, 1.165) is 37.0 Å². The normalized spacial score (nSPS) is 11.4. The number of benzene rings is 1. The van der Waals surface area contributed by atoms with Gasteiger partial charge in [-0.2, -0.15) is 0 Å². The topological polar surface area (TPSA) is 76.0 Å². The zero-order valence-electron chi connectivity index (χ0n) is 14.5. The fourth-order valence-electron chi connectivity index (χ4n) is 1.96. The second-order valence-corrected chi connectivity index (χ2v) is 5.93. The van der Waals surface area contributed by atoms with Crippen LogP contribution >= 0.6 is 0 Å². The highest BCUT2D eigenvalue weighted by Crippen LogP contribution is 2.14. The molecule has 5 heteroatoms. The van der Waals surface area contributed by atoms with Gasteiger partial charge in [0.1, 0.15) is 5.75 Å². The van der Waals surface area contributed by atoms with Crippen molar-refractivity contribution in [1.82, 2.24) is 0 Å². The third-order valence-corrected chi connectivity index (χ3v) is 3.36. The van der Waals surface area contributed by atoms with E-state index in [1.807, 2.05) is 38.1 Å². The Kier molecular flexibility index (Phi) is 9.80. The minimum atomic E-state index is -1.44. The molecule has 0 amide bonds. The average Bonchev–Trinajstić information content (AvgIpc) is 2.56. The first-order valence-electron chi connectivity index (χ1n) is 8.43. The van der Waals surface area contributed by atoms with Crippen LogP contribution in [0.5, 0.6) is 5.75 Å². The molecule has 0 atom stereocenters. The predicted molar refractivity (Wildman–Crippen MR) is 93.5 cm³/mol. The summed E-state index contributed by atoms with van der Waals surface area (Å²) < 4.78 is 10.8. The van der Waals surface area contributed by atoms with E-state index in [2.05, 4.69) is 0 Å². The van der Waals surface area contributed by atoms with Gasteiger partial charge >= 0.3 is 5.97 Å². The molecule has 0 unspecified atom stereocenters. The van der Waals surface area contributed by atoms with E-state index >= 15 is 0 Å². The van der Waals surface area contributed by atoms with Crippen molar-refractivity contribution in [3.63, 3.8) is 0 Å². The van der Waals surface area contributed by atoms with Gasteiger partial charge in [-0.3, -0.25) is 4.79 Å². The molecule has 1 aromatic rings. The molecule has 0 bridgehead atoms. The number of hydrogen-bond acceptors (Lipinski definition) is 5. The molecule has 0 saturated carbocycles. The Morgan fingerprint density at radius 3 is 2.25 bits per heavy atom. The van der Waals surface area contributed by atoms with E-state index in [1.165, 1.54) is 6.08 Å². The van der Waals surface area contributed by atoms with Crippen molar-refractivity contribution in [1.29, 1.82) is 0 Å². The van der Waals surface area contributed by atoms with Crippen LogP contribution in [0.1, 0.15) is 45.1 Å². The number of carbonyl (C=O) groups excluding carboxylic acids is 1. The first kappa shape index (κ1) is 20.2.